The molecule has 2 amide bonds. The van der Waals surface area contributed by atoms with Crippen LogP contribution < -0.4 is 10.2 Å². The number of amides is 2. The fourth-order valence-electron chi connectivity index (χ4n) is 3.38. The molecule has 0 aromatic heterocycles. The minimum atomic E-state index is -0.506. The molecule has 2 aromatic carbocycles. The van der Waals surface area contributed by atoms with Gasteiger partial charge in [-0.3, -0.25) is 14.5 Å². The highest BCUT2D eigenvalue weighted by molar-refractivity contribution is 6.30. The number of halogens is 1. The third-order valence-corrected chi connectivity index (χ3v) is 4.99. The minimum Gasteiger partial charge on any atom is -0.350 e. The summed E-state index contributed by atoms with van der Waals surface area (Å²) in [5.41, 5.74) is 2.96. The van der Waals surface area contributed by atoms with Gasteiger partial charge in [-0.2, -0.15) is 0 Å². The summed E-state index contributed by atoms with van der Waals surface area (Å²) in [7, 11) is 0. The summed E-state index contributed by atoms with van der Waals surface area (Å²) in [5, 5.41) is 3.63. The van der Waals surface area contributed by atoms with Crippen LogP contribution in [-0.2, 0) is 22.6 Å². The first-order chi connectivity index (χ1) is 12.6. The Labute approximate surface area is 159 Å². The zero-order chi connectivity index (χ0) is 18.5. The lowest BCUT2D eigenvalue weighted by Gasteiger charge is -2.30. The van der Waals surface area contributed by atoms with Gasteiger partial charge in [0.15, 0.2) is 0 Å². The number of benzene rings is 2. The van der Waals surface area contributed by atoms with Crippen molar-refractivity contribution >= 4 is 29.1 Å². The monoisotopic (exact) mass is 370 g/mol. The zero-order valence-electron chi connectivity index (χ0n) is 14.9. The second kappa shape index (κ2) is 8.37. The van der Waals surface area contributed by atoms with Crippen molar-refractivity contribution in [1.29, 1.82) is 0 Å². The first kappa shape index (κ1) is 18.5. The Balaban J connectivity index is 1.79. The fraction of sp³-hybridized carbons (Fsp3) is 0.333. The highest BCUT2D eigenvalue weighted by atomic mass is 35.5. The summed E-state index contributed by atoms with van der Waals surface area (Å²) >= 11 is 5.90. The maximum atomic E-state index is 12.9. The van der Waals surface area contributed by atoms with E-state index < -0.39 is 6.04 Å². The number of para-hydroxylation sites is 1. The van der Waals surface area contributed by atoms with Gasteiger partial charge in [0.05, 0.1) is 0 Å². The van der Waals surface area contributed by atoms with Gasteiger partial charge < -0.3 is 5.32 Å². The van der Waals surface area contributed by atoms with E-state index in [4.69, 9.17) is 11.6 Å². The highest BCUT2D eigenvalue weighted by Gasteiger charge is 2.32. The third-order valence-electron chi connectivity index (χ3n) is 4.74. The Morgan fingerprint density at radius 3 is 2.62 bits per heavy atom. The zero-order valence-corrected chi connectivity index (χ0v) is 15.6. The van der Waals surface area contributed by atoms with Crippen molar-refractivity contribution in [2.75, 3.05) is 4.90 Å². The molecule has 2 aromatic rings. The number of nitrogens with zero attached hydrogens (tertiary/aromatic N) is 1. The van der Waals surface area contributed by atoms with Crippen LogP contribution in [-0.4, -0.2) is 17.9 Å². The molecule has 1 heterocycles. The Bertz CT molecular complexity index is 789. The SMILES string of the molecule is CCC(C(=O)NCc1ccc(Cl)cc1)N1C(=O)CCCc2ccccc21. The van der Waals surface area contributed by atoms with E-state index in [9.17, 15) is 9.59 Å². The molecule has 5 heteroatoms. The summed E-state index contributed by atoms with van der Waals surface area (Å²) in [6.07, 6.45) is 2.71. The molecular weight excluding hydrogens is 348 g/mol. The summed E-state index contributed by atoms with van der Waals surface area (Å²) in [6, 6.07) is 14.7. The van der Waals surface area contributed by atoms with E-state index in [1.165, 1.54) is 0 Å². The van der Waals surface area contributed by atoms with Gasteiger partial charge >= 0.3 is 0 Å². The van der Waals surface area contributed by atoms with E-state index in [0.29, 0.717) is 24.4 Å². The Morgan fingerprint density at radius 2 is 1.88 bits per heavy atom. The van der Waals surface area contributed by atoms with Crippen LogP contribution in [0.25, 0.3) is 0 Å². The van der Waals surface area contributed by atoms with Gasteiger partial charge in [-0.25, -0.2) is 0 Å². The van der Waals surface area contributed by atoms with Crippen LogP contribution in [0.4, 0.5) is 5.69 Å². The Kier molecular flexibility index (Phi) is 5.94. The van der Waals surface area contributed by atoms with Crippen LogP contribution in [0.5, 0.6) is 0 Å². The smallest absolute Gasteiger partial charge is 0.243 e. The largest absolute Gasteiger partial charge is 0.350 e. The van der Waals surface area contributed by atoms with Crippen molar-refractivity contribution in [3.8, 4) is 0 Å². The minimum absolute atomic E-state index is 0.0171. The number of hydrogen-bond donors (Lipinski definition) is 1. The standard InChI is InChI=1S/C21H23ClN2O2/c1-2-18(21(26)23-14-15-10-12-17(22)13-11-15)24-19-8-4-3-6-16(19)7-5-9-20(24)25/h3-4,6,8,10-13,18H,2,5,7,9,14H2,1H3,(H,23,26). The normalized spacial score (nSPS) is 15.2. The molecule has 1 unspecified atom stereocenters. The predicted molar refractivity (Wildman–Crippen MR) is 104 cm³/mol. The molecular formula is C21H23ClN2O2. The summed E-state index contributed by atoms with van der Waals surface area (Å²) < 4.78 is 0. The molecule has 1 aliphatic heterocycles. The maximum Gasteiger partial charge on any atom is 0.243 e. The molecule has 3 rings (SSSR count). The molecule has 1 N–H and O–H groups in total. The quantitative estimate of drug-likeness (QED) is 0.861. The van der Waals surface area contributed by atoms with Crippen LogP contribution in [0, 0.1) is 0 Å². The van der Waals surface area contributed by atoms with E-state index in [1.54, 1.807) is 17.0 Å². The second-order valence-corrected chi connectivity index (χ2v) is 6.95. The highest BCUT2D eigenvalue weighted by Crippen LogP contribution is 2.29. The molecule has 26 heavy (non-hydrogen) atoms. The number of fused-ring (bicyclic) bond motifs is 1. The van der Waals surface area contributed by atoms with E-state index in [1.807, 2.05) is 43.3 Å². The average Bonchev–Trinajstić information content (AvgIpc) is 2.81. The van der Waals surface area contributed by atoms with E-state index >= 15 is 0 Å². The lowest BCUT2D eigenvalue weighted by molar-refractivity contribution is -0.126. The van der Waals surface area contributed by atoms with Crippen molar-refractivity contribution in [2.24, 2.45) is 0 Å². The molecule has 1 aliphatic rings. The summed E-state index contributed by atoms with van der Waals surface area (Å²) in [6.45, 7) is 2.35. The molecule has 0 spiro atoms. The van der Waals surface area contributed by atoms with Crippen LogP contribution >= 0.6 is 11.6 Å². The number of nitrogens with one attached hydrogen (secondary N) is 1. The number of aryl methyl sites for hydroxylation is 1. The Hall–Kier alpha value is -2.33. The first-order valence-electron chi connectivity index (χ1n) is 9.02. The molecule has 4 nitrogen and oxygen atoms in total. The van der Waals surface area contributed by atoms with Gasteiger partial charge in [-0.05, 0) is 48.6 Å². The average molecular weight is 371 g/mol. The summed E-state index contributed by atoms with van der Waals surface area (Å²) in [4.78, 5) is 27.3. The van der Waals surface area contributed by atoms with Gasteiger partial charge in [0.25, 0.3) is 0 Å². The van der Waals surface area contributed by atoms with E-state index in [-0.39, 0.29) is 11.8 Å². The van der Waals surface area contributed by atoms with Crippen LogP contribution in [0.1, 0.15) is 37.3 Å². The molecule has 1 atom stereocenters. The van der Waals surface area contributed by atoms with Crippen LogP contribution in [0.3, 0.4) is 0 Å². The maximum absolute atomic E-state index is 12.9. The fourth-order valence-corrected chi connectivity index (χ4v) is 3.50. The van der Waals surface area contributed by atoms with Gasteiger partial charge in [0.1, 0.15) is 6.04 Å². The number of carbonyl (C=O) groups is 2. The van der Waals surface area contributed by atoms with E-state index in [2.05, 4.69) is 5.32 Å². The molecule has 0 saturated heterocycles. The van der Waals surface area contributed by atoms with E-state index in [0.717, 1.165) is 29.7 Å². The van der Waals surface area contributed by atoms with Crippen LogP contribution in [0.2, 0.25) is 5.02 Å². The lowest BCUT2D eigenvalue weighted by Crippen LogP contribution is -2.49. The number of carbonyl (C=O) groups excluding carboxylic acids is 2. The number of hydrogen-bond acceptors (Lipinski definition) is 2. The van der Waals surface area contributed by atoms with Gasteiger partial charge in [-0.15, -0.1) is 0 Å². The predicted octanol–water partition coefficient (Wildman–Crippen LogP) is 4.10. The van der Waals surface area contributed by atoms with Crippen molar-refractivity contribution < 1.29 is 9.59 Å². The van der Waals surface area contributed by atoms with Gasteiger partial charge in [0.2, 0.25) is 11.8 Å². The van der Waals surface area contributed by atoms with Crippen molar-refractivity contribution in [3.05, 3.63) is 64.7 Å². The van der Waals surface area contributed by atoms with Gasteiger partial charge in [-0.1, -0.05) is 48.9 Å². The first-order valence-corrected chi connectivity index (χ1v) is 9.40. The molecule has 0 bridgehead atoms. The number of rotatable bonds is 5. The third kappa shape index (κ3) is 4.07. The number of anilines is 1. The molecule has 0 fully saturated rings. The molecule has 0 aliphatic carbocycles. The topological polar surface area (TPSA) is 49.4 Å². The van der Waals surface area contributed by atoms with Crippen molar-refractivity contribution in [3.63, 3.8) is 0 Å². The molecule has 136 valence electrons. The van der Waals surface area contributed by atoms with Crippen molar-refractivity contribution in [2.45, 2.75) is 45.2 Å². The van der Waals surface area contributed by atoms with Crippen LogP contribution in [0.15, 0.2) is 48.5 Å². The lowest BCUT2D eigenvalue weighted by atomic mass is 10.1. The van der Waals surface area contributed by atoms with Gasteiger partial charge in [0, 0.05) is 23.7 Å². The summed E-state index contributed by atoms with van der Waals surface area (Å²) in [5.74, 6) is -0.115. The molecule has 0 saturated carbocycles. The Morgan fingerprint density at radius 1 is 1.15 bits per heavy atom. The molecule has 0 radical (unpaired) electrons. The van der Waals surface area contributed by atoms with Crippen molar-refractivity contribution in [1.82, 2.24) is 5.32 Å². The second-order valence-electron chi connectivity index (χ2n) is 6.51.